The number of aliphatic carboxylic acids is 1. The molecule has 0 aliphatic rings. The molecule has 0 aromatic heterocycles. The average Bonchev–Trinajstić information content (AvgIpc) is 2.49. The van der Waals surface area contributed by atoms with Gasteiger partial charge in [-0.3, -0.25) is 0 Å². The summed E-state index contributed by atoms with van der Waals surface area (Å²) in [6, 6.07) is 5.51. The van der Waals surface area contributed by atoms with Crippen LogP contribution in [0.5, 0.6) is 5.75 Å². The van der Waals surface area contributed by atoms with Gasteiger partial charge in [0, 0.05) is 0 Å². The predicted octanol–water partition coefficient (Wildman–Crippen LogP) is 4.15. The largest absolute Gasteiger partial charge is 0.493 e. The van der Waals surface area contributed by atoms with Gasteiger partial charge in [0.25, 0.3) is 0 Å². The van der Waals surface area contributed by atoms with Gasteiger partial charge in [0.15, 0.2) is 6.04 Å². The normalized spacial score (nSPS) is 13.6. The molecule has 0 aliphatic heterocycles. The van der Waals surface area contributed by atoms with Crippen molar-refractivity contribution in [1.29, 1.82) is 0 Å². The van der Waals surface area contributed by atoms with Crippen molar-refractivity contribution in [3.05, 3.63) is 29.8 Å². The highest BCUT2D eigenvalue weighted by atomic mass is 16.6. The Hall–Kier alpha value is -2.24. The smallest absolute Gasteiger partial charge is 0.408 e. The van der Waals surface area contributed by atoms with Gasteiger partial charge in [0.05, 0.1) is 6.61 Å². The van der Waals surface area contributed by atoms with Gasteiger partial charge < -0.3 is 19.9 Å². The van der Waals surface area contributed by atoms with Crippen molar-refractivity contribution in [2.24, 2.45) is 5.92 Å². The van der Waals surface area contributed by atoms with Crippen molar-refractivity contribution in [1.82, 2.24) is 5.32 Å². The van der Waals surface area contributed by atoms with Crippen molar-refractivity contribution in [2.75, 3.05) is 6.61 Å². The fourth-order valence-corrected chi connectivity index (χ4v) is 2.28. The van der Waals surface area contributed by atoms with Gasteiger partial charge in [-0.05, 0) is 50.8 Å². The number of carboxylic acid groups (broad SMARTS) is 1. The van der Waals surface area contributed by atoms with E-state index in [1.54, 1.807) is 45.0 Å². The maximum absolute atomic E-state index is 11.8. The second kappa shape index (κ2) is 9.30. The number of nitrogens with one attached hydrogen (secondary N) is 1. The van der Waals surface area contributed by atoms with Gasteiger partial charge in [-0.25, -0.2) is 9.59 Å². The number of rotatable bonds is 8. The van der Waals surface area contributed by atoms with E-state index in [1.165, 1.54) is 0 Å². The van der Waals surface area contributed by atoms with Crippen LogP contribution >= 0.6 is 0 Å². The molecule has 140 valence electrons. The molecule has 1 aromatic rings. The van der Waals surface area contributed by atoms with Crippen LogP contribution in [0.15, 0.2) is 24.3 Å². The lowest BCUT2D eigenvalue weighted by atomic mass is 10.1. The average molecular weight is 351 g/mol. The van der Waals surface area contributed by atoms with Crippen LogP contribution in [-0.2, 0) is 9.53 Å². The summed E-state index contributed by atoms with van der Waals surface area (Å²) in [5.74, 6) is -0.0190. The number of carbonyl (C=O) groups excluding carboxylic acids is 1. The minimum Gasteiger partial charge on any atom is -0.493 e. The van der Waals surface area contributed by atoms with E-state index >= 15 is 0 Å². The maximum Gasteiger partial charge on any atom is 0.408 e. The summed E-state index contributed by atoms with van der Waals surface area (Å²) < 4.78 is 10.8. The molecule has 0 bridgehead atoms. The zero-order valence-corrected chi connectivity index (χ0v) is 15.7. The van der Waals surface area contributed by atoms with Crippen molar-refractivity contribution in [3.63, 3.8) is 0 Å². The van der Waals surface area contributed by atoms with Crippen LogP contribution in [-0.4, -0.2) is 29.4 Å². The molecule has 0 aliphatic carbocycles. The van der Waals surface area contributed by atoms with E-state index in [-0.39, 0.29) is 0 Å². The molecule has 1 aromatic carbocycles. The lowest BCUT2D eigenvalue weighted by Gasteiger charge is -2.22. The molecule has 0 heterocycles. The summed E-state index contributed by atoms with van der Waals surface area (Å²) in [6.07, 6.45) is 1.44. The molecule has 2 unspecified atom stereocenters. The van der Waals surface area contributed by atoms with Crippen LogP contribution in [0.3, 0.4) is 0 Å². The molecule has 2 N–H and O–H groups in total. The van der Waals surface area contributed by atoms with Gasteiger partial charge >= 0.3 is 12.1 Å². The highest BCUT2D eigenvalue weighted by Crippen LogP contribution is 2.20. The number of hydrogen-bond donors (Lipinski definition) is 2. The third kappa shape index (κ3) is 7.92. The van der Waals surface area contributed by atoms with Crippen LogP contribution in [0.2, 0.25) is 0 Å². The van der Waals surface area contributed by atoms with E-state index in [9.17, 15) is 14.7 Å². The maximum atomic E-state index is 11.8. The first-order chi connectivity index (χ1) is 11.6. The Labute approximate surface area is 149 Å². The van der Waals surface area contributed by atoms with E-state index in [4.69, 9.17) is 9.47 Å². The number of hydrogen-bond acceptors (Lipinski definition) is 4. The zero-order valence-electron chi connectivity index (χ0n) is 15.7. The van der Waals surface area contributed by atoms with Gasteiger partial charge in [-0.15, -0.1) is 0 Å². The fourth-order valence-electron chi connectivity index (χ4n) is 2.28. The number of carbonyl (C=O) groups is 2. The highest BCUT2D eigenvalue weighted by Gasteiger charge is 2.25. The predicted molar refractivity (Wildman–Crippen MR) is 95.8 cm³/mol. The van der Waals surface area contributed by atoms with Crippen molar-refractivity contribution >= 4 is 12.1 Å². The van der Waals surface area contributed by atoms with Gasteiger partial charge in [0.1, 0.15) is 11.4 Å². The van der Waals surface area contributed by atoms with Crippen LogP contribution < -0.4 is 10.1 Å². The Bertz CT molecular complexity index is 562. The SMILES string of the molecule is CCCC(C)COc1ccc(C(NC(=O)OC(C)(C)C)C(=O)O)cc1. The first-order valence-electron chi connectivity index (χ1n) is 8.57. The molecule has 1 rings (SSSR count). The van der Waals surface area contributed by atoms with E-state index in [1.807, 2.05) is 0 Å². The molecule has 0 radical (unpaired) electrons. The topological polar surface area (TPSA) is 84.9 Å². The Kier molecular flexibility index (Phi) is 7.74. The molecule has 0 saturated carbocycles. The first-order valence-corrected chi connectivity index (χ1v) is 8.57. The van der Waals surface area contributed by atoms with E-state index < -0.39 is 23.7 Å². The van der Waals surface area contributed by atoms with Crippen LogP contribution in [0.25, 0.3) is 0 Å². The molecule has 6 nitrogen and oxygen atoms in total. The van der Waals surface area contributed by atoms with Crippen molar-refractivity contribution in [2.45, 2.75) is 59.1 Å². The summed E-state index contributed by atoms with van der Waals surface area (Å²) in [4.78, 5) is 23.3. The van der Waals surface area contributed by atoms with E-state index in [0.29, 0.717) is 23.8 Å². The molecule has 6 heteroatoms. The second-order valence-electron chi connectivity index (χ2n) is 7.19. The van der Waals surface area contributed by atoms with Crippen molar-refractivity contribution in [3.8, 4) is 5.75 Å². The summed E-state index contributed by atoms with van der Waals surface area (Å²) >= 11 is 0. The lowest BCUT2D eigenvalue weighted by molar-refractivity contribution is -0.139. The molecule has 0 fully saturated rings. The molecule has 1 amide bonds. The molecule has 2 atom stereocenters. The molecule has 0 spiro atoms. The standard InChI is InChI=1S/C19H29NO5/c1-6-7-13(2)12-24-15-10-8-14(9-11-15)16(17(21)22)20-18(23)25-19(3,4)5/h8-11,13,16H,6-7,12H2,1-5H3,(H,20,23)(H,21,22). The molecular formula is C19H29NO5. The molecule has 0 saturated heterocycles. The second-order valence-corrected chi connectivity index (χ2v) is 7.19. The first kappa shape index (κ1) is 20.8. The monoisotopic (exact) mass is 351 g/mol. The van der Waals surface area contributed by atoms with Crippen LogP contribution in [0.4, 0.5) is 4.79 Å². The van der Waals surface area contributed by atoms with Crippen molar-refractivity contribution < 1.29 is 24.2 Å². The minimum atomic E-state index is -1.18. The summed E-state index contributed by atoms with van der Waals surface area (Å²) in [6.45, 7) is 10.0. The summed E-state index contributed by atoms with van der Waals surface area (Å²) in [5.41, 5.74) is -0.243. The third-order valence-corrected chi connectivity index (χ3v) is 3.44. The fraction of sp³-hybridized carbons (Fsp3) is 0.579. The Morgan fingerprint density at radius 2 is 1.80 bits per heavy atom. The zero-order chi connectivity index (χ0) is 19.0. The number of carboxylic acids is 1. The summed E-state index contributed by atoms with van der Waals surface area (Å²) in [7, 11) is 0. The number of ether oxygens (including phenoxy) is 2. The van der Waals surface area contributed by atoms with Gasteiger partial charge in [-0.2, -0.15) is 0 Å². The number of alkyl carbamates (subject to hydrolysis) is 1. The number of benzene rings is 1. The van der Waals surface area contributed by atoms with E-state index in [2.05, 4.69) is 19.2 Å². The van der Waals surface area contributed by atoms with Crippen LogP contribution in [0.1, 0.15) is 59.1 Å². The van der Waals surface area contributed by atoms with Gasteiger partial charge in [0.2, 0.25) is 0 Å². The molecular weight excluding hydrogens is 322 g/mol. The van der Waals surface area contributed by atoms with E-state index in [0.717, 1.165) is 12.8 Å². The summed E-state index contributed by atoms with van der Waals surface area (Å²) in [5, 5.41) is 11.8. The third-order valence-electron chi connectivity index (χ3n) is 3.44. The highest BCUT2D eigenvalue weighted by molar-refractivity contribution is 5.81. The lowest BCUT2D eigenvalue weighted by Crippen LogP contribution is -2.38. The Morgan fingerprint density at radius 3 is 2.28 bits per heavy atom. The number of amides is 1. The Morgan fingerprint density at radius 1 is 1.20 bits per heavy atom. The quantitative estimate of drug-likeness (QED) is 0.735. The van der Waals surface area contributed by atoms with Gasteiger partial charge in [-0.1, -0.05) is 32.4 Å². The minimum absolute atomic E-state index is 0.451. The van der Waals surface area contributed by atoms with Crippen LogP contribution in [0, 0.1) is 5.92 Å². The Balaban J connectivity index is 2.72. The molecule has 25 heavy (non-hydrogen) atoms.